The van der Waals surface area contributed by atoms with Crippen molar-refractivity contribution in [3.63, 3.8) is 0 Å². The normalized spacial score (nSPS) is 12.4. The summed E-state index contributed by atoms with van der Waals surface area (Å²) in [5.74, 6) is 1.25. The summed E-state index contributed by atoms with van der Waals surface area (Å²) in [7, 11) is 3.14. The minimum Gasteiger partial charge on any atom is -0.497 e. The second kappa shape index (κ2) is 12.6. The quantitative estimate of drug-likeness (QED) is 0.541. The van der Waals surface area contributed by atoms with Gasteiger partial charge in [-0.05, 0) is 49.6 Å². The lowest BCUT2D eigenvalue weighted by molar-refractivity contribution is -0.143. The zero-order valence-corrected chi connectivity index (χ0v) is 19.6. The van der Waals surface area contributed by atoms with Gasteiger partial charge in [0.15, 0.2) is 18.1 Å². The van der Waals surface area contributed by atoms with Crippen LogP contribution in [0, 0.1) is 0 Å². The summed E-state index contributed by atoms with van der Waals surface area (Å²) in [4.78, 5) is 27.8. The first-order valence-corrected chi connectivity index (χ1v) is 10.9. The van der Waals surface area contributed by atoms with E-state index in [-0.39, 0.29) is 31.0 Å². The summed E-state index contributed by atoms with van der Waals surface area (Å²) in [5, 5.41) is 3.00. The lowest BCUT2D eigenvalue weighted by Crippen LogP contribution is -2.51. The lowest BCUT2D eigenvalue weighted by Gasteiger charge is -2.31. The molecule has 1 N–H and O–H groups in total. The Kier molecular flexibility index (Phi) is 9.85. The van der Waals surface area contributed by atoms with Gasteiger partial charge in [-0.1, -0.05) is 38.1 Å². The van der Waals surface area contributed by atoms with Crippen LogP contribution in [0.15, 0.2) is 48.5 Å². The zero-order chi connectivity index (χ0) is 23.5. The van der Waals surface area contributed by atoms with Crippen molar-refractivity contribution < 1.29 is 23.8 Å². The van der Waals surface area contributed by atoms with Gasteiger partial charge in [0, 0.05) is 12.6 Å². The number of hydrogen-bond donors (Lipinski definition) is 1. The van der Waals surface area contributed by atoms with Crippen LogP contribution in [0.3, 0.4) is 0 Å². The van der Waals surface area contributed by atoms with E-state index in [4.69, 9.17) is 14.2 Å². The summed E-state index contributed by atoms with van der Waals surface area (Å²) in [6.45, 7) is 5.90. The first-order valence-electron chi connectivity index (χ1n) is 10.9. The number of amides is 2. The highest BCUT2D eigenvalue weighted by molar-refractivity contribution is 5.88. The molecular formula is C25H34N2O5. The Balaban J connectivity index is 2.26. The molecule has 0 bridgehead atoms. The number of carbonyl (C=O) groups excluding carboxylic acids is 2. The van der Waals surface area contributed by atoms with Crippen molar-refractivity contribution in [3.8, 4) is 17.2 Å². The molecule has 2 rings (SSSR count). The van der Waals surface area contributed by atoms with Crippen LogP contribution < -0.4 is 19.5 Å². The molecule has 0 aliphatic carbocycles. The molecule has 0 aromatic heterocycles. The van der Waals surface area contributed by atoms with E-state index in [0.717, 1.165) is 12.0 Å². The summed E-state index contributed by atoms with van der Waals surface area (Å²) < 4.78 is 16.4. The third kappa shape index (κ3) is 6.90. The van der Waals surface area contributed by atoms with Gasteiger partial charge in [-0.2, -0.15) is 0 Å². The lowest BCUT2D eigenvalue weighted by atomic mass is 10.1. The van der Waals surface area contributed by atoms with Gasteiger partial charge in [0.05, 0.1) is 14.2 Å². The van der Waals surface area contributed by atoms with Crippen LogP contribution in [-0.2, 0) is 16.1 Å². The average Bonchev–Trinajstić information content (AvgIpc) is 2.82. The molecule has 32 heavy (non-hydrogen) atoms. The van der Waals surface area contributed by atoms with Gasteiger partial charge >= 0.3 is 0 Å². The Hall–Kier alpha value is -3.22. The summed E-state index contributed by atoms with van der Waals surface area (Å²) in [6, 6.07) is 14.0. The molecule has 2 aromatic carbocycles. The number of hydrogen-bond acceptors (Lipinski definition) is 5. The Labute approximate surface area is 190 Å². The fourth-order valence-electron chi connectivity index (χ4n) is 3.29. The second-order valence-electron chi connectivity index (χ2n) is 7.55. The molecule has 2 aromatic rings. The highest BCUT2D eigenvalue weighted by Crippen LogP contribution is 2.26. The number of benzene rings is 2. The van der Waals surface area contributed by atoms with Crippen molar-refractivity contribution in [2.45, 2.75) is 52.2 Å². The predicted molar refractivity (Wildman–Crippen MR) is 124 cm³/mol. The molecule has 0 aliphatic heterocycles. The minimum absolute atomic E-state index is 0.0233. The van der Waals surface area contributed by atoms with E-state index in [9.17, 15) is 9.59 Å². The van der Waals surface area contributed by atoms with Crippen LogP contribution in [0.4, 0.5) is 0 Å². The van der Waals surface area contributed by atoms with E-state index in [1.165, 1.54) is 0 Å². The standard InChI is InChI=1S/C25H34N2O5/c1-6-18(3)26-25(29)21(7-2)27(16-19-11-10-12-20(15-19)30-4)24(28)17-32-23-14-9-8-13-22(23)31-5/h8-15,18,21H,6-7,16-17H2,1-5H3,(H,26,29)/t18-,21+/m1/s1. The fourth-order valence-corrected chi connectivity index (χ4v) is 3.29. The number of nitrogens with zero attached hydrogens (tertiary/aromatic N) is 1. The maximum Gasteiger partial charge on any atom is 0.261 e. The van der Waals surface area contributed by atoms with Crippen molar-refractivity contribution in [2.75, 3.05) is 20.8 Å². The van der Waals surface area contributed by atoms with Gasteiger partial charge in [-0.25, -0.2) is 0 Å². The highest BCUT2D eigenvalue weighted by atomic mass is 16.5. The smallest absolute Gasteiger partial charge is 0.261 e. The molecule has 0 unspecified atom stereocenters. The highest BCUT2D eigenvalue weighted by Gasteiger charge is 2.29. The molecule has 0 aliphatic rings. The summed E-state index contributed by atoms with van der Waals surface area (Å²) in [6.07, 6.45) is 1.29. The third-order valence-corrected chi connectivity index (χ3v) is 5.29. The van der Waals surface area contributed by atoms with Gasteiger partial charge in [0.1, 0.15) is 11.8 Å². The van der Waals surface area contributed by atoms with Gasteiger partial charge < -0.3 is 24.4 Å². The van der Waals surface area contributed by atoms with Crippen molar-refractivity contribution in [1.82, 2.24) is 10.2 Å². The monoisotopic (exact) mass is 442 g/mol. The molecule has 0 fully saturated rings. The molecular weight excluding hydrogens is 408 g/mol. The van der Waals surface area contributed by atoms with Crippen molar-refractivity contribution in [3.05, 3.63) is 54.1 Å². The molecule has 2 atom stereocenters. The Morgan fingerprint density at radius 2 is 1.69 bits per heavy atom. The topological polar surface area (TPSA) is 77.1 Å². The van der Waals surface area contributed by atoms with Crippen LogP contribution in [0.5, 0.6) is 17.2 Å². The van der Waals surface area contributed by atoms with Crippen LogP contribution in [0.25, 0.3) is 0 Å². The Morgan fingerprint density at radius 1 is 0.969 bits per heavy atom. The van der Waals surface area contributed by atoms with E-state index in [0.29, 0.717) is 23.7 Å². The van der Waals surface area contributed by atoms with E-state index in [2.05, 4.69) is 5.32 Å². The second-order valence-corrected chi connectivity index (χ2v) is 7.55. The van der Waals surface area contributed by atoms with Crippen LogP contribution in [0.2, 0.25) is 0 Å². The fraction of sp³-hybridized carbons (Fsp3) is 0.440. The Morgan fingerprint density at radius 3 is 2.31 bits per heavy atom. The van der Waals surface area contributed by atoms with Gasteiger partial charge in [0.25, 0.3) is 5.91 Å². The molecule has 7 nitrogen and oxygen atoms in total. The SMILES string of the molecule is CC[C@@H](C)NC(=O)[C@H](CC)N(Cc1cccc(OC)c1)C(=O)COc1ccccc1OC. The maximum atomic E-state index is 13.3. The van der Waals surface area contributed by atoms with Gasteiger partial charge in [0.2, 0.25) is 5.91 Å². The molecule has 0 saturated heterocycles. The summed E-state index contributed by atoms with van der Waals surface area (Å²) in [5.41, 5.74) is 0.866. The molecule has 2 amide bonds. The predicted octanol–water partition coefficient (Wildman–Crippen LogP) is 3.80. The van der Waals surface area contributed by atoms with Crippen LogP contribution in [0.1, 0.15) is 39.2 Å². The number of nitrogens with one attached hydrogen (secondary N) is 1. The van der Waals surface area contributed by atoms with Gasteiger partial charge in [-0.3, -0.25) is 9.59 Å². The number of para-hydroxylation sites is 2. The average molecular weight is 443 g/mol. The van der Waals surface area contributed by atoms with E-state index >= 15 is 0 Å². The summed E-state index contributed by atoms with van der Waals surface area (Å²) >= 11 is 0. The number of carbonyl (C=O) groups is 2. The van der Waals surface area contributed by atoms with Crippen LogP contribution >= 0.6 is 0 Å². The van der Waals surface area contributed by atoms with Crippen molar-refractivity contribution in [1.29, 1.82) is 0 Å². The molecule has 7 heteroatoms. The van der Waals surface area contributed by atoms with Crippen molar-refractivity contribution in [2.24, 2.45) is 0 Å². The number of ether oxygens (including phenoxy) is 3. The first kappa shape index (κ1) is 25.0. The molecule has 0 radical (unpaired) electrons. The first-order chi connectivity index (χ1) is 15.4. The number of rotatable bonds is 12. The van der Waals surface area contributed by atoms with Crippen molar-refractivity contribution >= 4 is 11.8 Å². The Bertz CT molecular complexity index is 886. The van der Waals surface area contributed by atoms with Crippen LogP contribution in [-0.4, -0.2) is 49.6 Å². The maximum absolute atomic E-state index is 13.3. The zero-order valence-electron chi connectivity index (χ0n) is 19.6. The minimum atomic E-state index is -0.621. The van der Waals surface area contributed by atoms with Gasteiger partial charge in [-0.15, -0.1) is 0 Å². The van der Waals surface area contributed by atoms with E-state index in [1.807, 2.05) is 57.2 Å². The molecule has 0 heterocycles. The largest absolute Gasteiger partial charge is 0.497 e. The van der Waals surface area contributed by atoms with E-state index < -0.39 is 6.04 Å². The molecule has 174 valence electrons. The molecule has 0 saturated carbocycles. The van der Waals surface area contributed by atoms with E-state index in [1.54, 1.807) is 31.3 Å². The third-order valence-electron chi connectivity index (χ3n) is 5.29. The molecule has 0 spiro atoms. The number of methoxy groups -OCH3 is 2.